The molecular formula is C36H52N8O2. The zero-order valence-corrected chi connectivity index (χ0v) is 28.5. The molecule has 2 unspecified atom stereocenters. The molecule has 1 fully saturated rings. The Labute approximate surface area is 274 Å². The summed E-state index contributed by atoms with van der Waals surface area (Å²) in [6, 6.07) is 0.109. The predicted molar refractivity (Wildman–Crippen MR) is 187 cm³/mol. The smallest absolute Gasteiger partial charge is 0.257 e. The Bertz CT molecular complexity index is 1460. The first-order valence-corrected chi connectivity index (χ1v) is 16.9. The van der Waals surface area contributed by atoms with Crippen molar-refractivity contribution in [3.63, 3.8) is 0 Å². The van der Waals surface area contributed by atoms with Crippen LogP contribution in [0.5, 0.6) is 0 Å². The van der Waals surface area contributed by atoms with Crippen LogP contribution in [-0.2, 0) is 16.1 Å². The van der Waals surface area contributed by atoms with Gasteiger partial charge in [-0.25, -0.2) is 0 Å². The number of aromatic nitrogens is 2. The van der Waals surface area contributed by atoms with E-state index in [1.54, 1.807) is 12.4 Å². The van der Waals surface area contributed by atoms with Crippen molar-refractivity contribution in [3.05, 3.63) is 69.9 Å². The molecule has 10 nitrogen and oxygen atoms in total. The Morgan fingerprint density at radius 1 is 1.11 bits per heavy atom. The van der Waals surface area contributed by atoms with Gasteiger partial charge in [0.1, 0.15) is 0 Å². The highest BCUT2D eigenvalue weighted by Crippen LogP contribution is 2.27. The van der Waals surface area contributed by atoms with E-state index in [1.165, 1.54) is 6.42 Å². The number of fused-ring (bicyclic) bond motifs is 1. The van der Waals surface area contributed by atoms with Crippen molar-refractivity contribution in [2.75, 3.05) is 26.2 Å². The maximum absolute atomic E-state index is 13.8. The Morgan fingerprint density at radius 2 is 1.89 bits per heavy atom. The molecule has 1 aromatic heterocycles. The molecule has 1 saturated heterocycles. The van der Waals surface area contributed by atoms with Gasteiger partial charge in [0.2, 0.25) is 5.91 Å². The first kappa shape index (κ1) is 35.0. The average Bonchev–Trinajstić information content (AvgIpc) is 3.49. The Hall–Kier alpha value is -3.89. The first-order chi connectivity index (χ1) is 22.2. The number of hydrogen-bond donors (Lipinski definition) is 3. The normalized spacial score (nSPS) is 24.3. The number of amides is 2. The molecule has 4 rings (SSSR count). The summed E-state index contributed by atoms with van der Waals surface area (Å²) in [6.45, 7) is 16.0. The van der Waals surface area contributed by atoms with Crippen LogP contribution in [0, 0.1) is 0 Å². The van der Waals surface area contributed by atoms with E-state index < -0.39 is 0 Å². The molecule has 0 aromatic carbocycles. The molecule has 4 heterocycles. The number of rotatable bonds is 11. The summed E-state index contributed by atoms with van der Waals surface area (Å²) in [5.41, 5.74) is 6.22. The Balaban J connectivity index is 1.57. The number of unbranched alkanes of at least 4 members (excludes halogenated alkanes) is 1. The van der Waals surface area contributed by atoms with Crippen molar-refractivity contribution in [1.82, 2.24) is 30.6 Å². The number of hydrogen-bond acceptors (Lipinski definition) is 7. The lowest BCUT2D eigenvalue weighted by atomic mass is 10.1. The van der Waals surface area contributed by atoms with E-state index in [0.717, 1.165) is 80.8 Å². The van der Waals surface area contributed by atoms with E-state index in [9.17, 15) is 9.59 Å². The van der Waals surface area contributed by atoms with Crippen LogP contribution in [0.1, 0.15) is 97.4 Å². The predicted octanol–water partition coefficient (Wildman–Crippen LogP) is 5.39. The fraction of sp³-hybridized carbons (Fsp3) is 0.528. The summed E-state index contributed by atoms with van der Waals surface area (Å²) in [5, 5.41) is 14.3. The van der Waals surface area contributed by atoms with Gasteiger partial charge in [0.05, 0.1) is 41.8 Å². The lowest BCUT2D eigenvalue weighted by molar-refractivity contribution is -0.121. The van der Waals surface area contributed by atoms with Crippen molar-refractivity contribution in [3.8, 4) is 0 Å². The van der Waals surface area contributed by atoms with E-state index in [-0.39, 0.29) is 23.9 Å². The van der Waals surface area contributed by atoms with E-state index >= 15 is 0 Å². The summed E-state index contributed by atoms with van der Waals surface area (Å²) in [5.74, 6) is -0.332. The van der Waals surface area contributed by atoms with Crippen molar-refractivity contribution < 1.29 is 9.59 Å². The van der Waals surface area contributed by atoms with Gasteiger partial charge < -0.3 is 16.0 Å². The molecule has 3 aliphatic rings. The topological polar surface area (TPSA) is 116 Å². The van der Waals surface area contributed by atoms with Crippen LogP contribution in [0.25, 0.3) is 5.70 Å². The molecule has 10 heteroatoms. The third-order valence-corrected chi connectivity index (χ3v) is 8.49. The summed E-state index contributed by atoms with van der Waals surface area (Å²) < 4.78 is 2.07. The number of aliphatic imine (C=N–C) groups is 2. The minimum Gasteiger partial charge on any atom is -0.325 e. The standard InChI is InChI=1S/C36H52N8O2/c1-7-9-11-14-29(41-35(45)24-43-15-12-10-13-16-43)18-32(25(3)4)42-36(46)30-21-38-28(8-2)17-33(39-19-26(30)5)31-22-40-44-27(6)20-37-23-34(31)44/h11,14,17-19,21-22,27-28,37H,7-10,12-13,15-16,20,23-24H2,1-6H3,(H,41,45)(H,42,46)/b14-11+,29-18+,30-26-,33-17-,38-21?,39-19-. The highest BCUT2D eigenvalue weighted by atomic mass is 16.2. The van der Waals surface area contributed by atoms with Crippen LogP contribution in [0.4, 0.5) is 0 Å². The summed E-state index contributed by atoms with van der Waals surface area (Å²) in [7, 11) is 0. The largest absolute Gasteiger partial charge is 0.325 e. The van der Waals surface area contributed by atoms with Gasteiger partial charge in [-0.15, -0.1) is 0 Å². The maximum atomic E-state index is 13.8. The quantitative estimate of drug-likeness (QED) is 0.284. The highest BCUT2D eigenvalue weighted by molar-refractivity contribution is 6.17. The van der Waals surface area contributed by atoms with E-state index in [1.807, 2.05) is 39.1 Å². The van der Waals surface area contributed by atoms with Crippen molar-refractivity contribution in [2.24, 2.45) is 9.98 Å². The molecule has 0 saturated carbocycles. The van der Waals surface area contributed by atoms with Crippen molar-refractivity contribution in [2.45, 2.75) is 98.7 Å². The number of allylic oxidation sites excluding steroid dienone is 5. The SMILES string of the molecule is CCC/C=C/C(=C\C(NC(=O)\C1=C(C)/C=N\C(c2cnn3c2CNCC3C)=C/C(CC)N=C1)=C(C)C)NC(=O)CN1CCCCC1. The first-order valence-electron chi connectivity index (χ1n) is 16.9. The van der Waals surface area contributed by atoms with E-state index in [4.69, 9.17) is 9.98 Å². The number of carbonyl (C=O) groups is 2. The summed E-state index contributed by atoms with van der Waals surface area (Å²) in [4.78, 5) is 38.7. The van der Waals surface area contributed by atoms with E-state index in [0.29, 0.717) is 29.1 Å². The molecule has 248 valence electrons. The number of nitrogens with one attached hydrogen (secondary N) is 3. The second kappa shape index (κ2) is 17.1. The Morgan fingerprint density at radius 3 is 2.61 bits per heavy atom. The fourth-order valence-corrected chi connectivity index (χ4v) is 5.71. The van der Waals surface area contributed by atoms with Crippen LogP contribution in [0.2, 0.25) is 0 Å². The van der Waals surface area contributed by atoms with Crippen LogP contribution >= 0.6 is 0 Å². The molecule has 0 aliphatic carbocycles. The highest BCUT2D eigenvalue weighted by Gasteiger charge is 2.23. The summed E-state index contributed by atoms with van der Waals surface area (Å²) >= 11 is 0. The van der Waals surface area contributed by atoms with Crippen molar-refractivity contribution in [1.29, 1.82) is 0 Å². The molecule has 1 aromatic rings. The van der Waals surface area contributed by atoms with Crippen LogP contribution in [0.15, 0.2) is 68.6 Å². The van der Waals surface area contributed by atoms with Crippen LogP contribution in [0.3, 0.4) is 0 Å². The molecule has 3 N–H and O–H groups in total. The van der Waals surface area contributed by atoms with Gasteiger partial charge in [0, 0.05) is 42.5 Å². The molecule has 0 bridgehead atoms. The van der Waals surface area contributed by atoms with Gasteiger partial charge >= 0.3 is 0 Å². The molecular weight excluding hydrogens is 576 g/mol. The number of piperidine rings is 1. The van der Waals surface area contributed by atoms with Crippen LogP contribution < -0.4 is 16.0 Å². The van der Waals surface area contributed by atoms with Gasteiger partial charge in [-0.05, 0) is 90.3 Å². The third kappa shape index (κ3) is 9.56. The van der Waals surface area contributed by atoms with Gasteiger partial charge in [0.15, 0.2) is 0 Å². The molecule has 2 atom stereocenters. The van der Waals surface area contributed by atoms with Gasteiger partial charge in [-0.2, -0.15) is 5.10 Å². The number of nitrogens with zero attached hydrogens (tertiary/aromatic N) is 5. The van der Waals surface area contributed by atoms with E-state index in [2.05, 4.69) is 63.6 Å². The zero-order valence-electron chi connectivity index (χ0n) is 28.5. The van der Waals surface area contributed by atoms with Crippen LogP contribution in [-0.4, -0.2) is 71.1 Å². The average molecular weight is 629 g/mol. The molecule has 0 radical (unpaired) electrons. The maximum Gasteiger partial charge on any atom is 0.257 e. The van der Waals surface area contributed by atoms with Gasteiger partial charge in [-0.1, -0.05) is 38.3 Å². The zero-order chi connectivity index (χ0) is 33.1. The molecule has 2 amide bonds. The summed E-state index contributed by atoms with van der Waals surface area (Å²) in [6.07, 6.45) is 19.3. The molecule has 46 heavy (non-hydrogen) atoms. The van der Waals surface area contributed by atoms with Gasteiger partial charge in [-0.3, -0.25) is 29.2 Å². The minimum absolute atomic E-state index is 0.0502. The lowest BCUT2D eigenvalue weighted by Crippen LogP contribution is -2.39. The second-order valence-corrected chi connectivity index (χ2v) is 12.6. The Kier molecular flexibility index (Phi) is 13.0. The minimum atomic E-state index is -0.282. The number of likely N-dealkylation sites (tertiary alicyclic amines) is 1. The lowest BCUT2D eigenvalue weighted by Gasteiger charge is -2.25. The third-order valence-electron chi connectivity index (χ3n) is 8.49. The van der Waals surface area contributed by atoms with Crippen molar-refractivity contribution >= 4 is 29.9 Å². The van der Waals surface area contributed by atoms with Gasteiger partial charge in [0.25, 0.3) is 5.91 Å². The monoisotopic (exact) mass is 628 g/mol. The fourth-order valence-electron chi connectivity index (χ4n) is 5.71. The molecule has 0 spiro atoms. The second-order valence-electron chi connectivity index (χ2n) is 12.6. The number of carbonyl (C=O) groups excluding carboxylic acids is 2. The molecule has 3 aliphatic heterocycles.